The lowest BCUT2D eigenvalue weighted by atomic mass is 10.0. The highest BCUT2D eigenvalue weighted by Crippen LogP contribution is 2.21. The van der Waals surface area contributed by atoms with Crippen molar-refractivity contribution in [2.24, 2.45) is 11.7 Å². The number of hydrogen-bond donors (Lipinski definition) is 2. The summed E-state index contributed by atoms with van der Waals surface area (Å²) in [4.78, 5) is 2.83. The monoisotopic (exact) mass is 347 g/mol. The molecular formula is C20H29NO2S. The van der Waals surface area contributed by atoms with Crippen molar-refractivity contribution in [3.05, 3.63) is 57.8 Å². The Hall–Kier alpha value is -1.20. The minimum Gasteiger partial charge on any atom is -0.379 e. The first-order valence-electron chi connectivity index (χ1n) is 8.78. The zero-order valence-electron chi connectivity index (χ0n) is 14.5. The number of aliphatic hydroxyl groups excluding tert-OH is 1. The highest BCUT2D eigenvalue weighted by molar-refractivity contribution is 7.11. The van der Waals surface area contributed by atoms with E-state index in [1.165, 1.54) is 15.3 Å². The smallest absolute Gasteiger partial charge is 0.105 e. The molecule has 2 aromatic rings. The summed E-state index contributed by atoms with van der Waals surface area (Å²) in [6, 6.07) is 14.7. The van der Waals surface area contributed by atoms with Crippen LogP contribution in [0.3, 0.4) is 0 Å². The second kappa shape index (κ2) is 10.6. The van der Waals surface area contributed by atoms with E-state index in [4.69, 9.17) is 10.5 Å². The van der Waals surface area contributed by atoms with Gasteiger partial charge in [0.05, 0.1) is 6.61 Å². The Bertz CT molecular complexity index is 568. The van der Waals surface area contributed by atoms with Gasteiger partial charge >= 0.3 is 0 Å². The highest BCUT2D eigenvalue weighted by Gasteiger charge is 2.10. The van der Waals surface area contributed by atoms with Crippen molar-refractivity contribution in [1.29, 1.82) is 0 Å². The molecule has 3 N–H and O–H groups in total. The van der Waals surface area contributed by atoms with E-state index in [-0.39, 0.29) is 5.92 Å². The molecule has 3 nitrogen and oxygen atoms in total. The molecule has 0 aliphatic carbocycles. The Morgan fingerprint density at radius 3 is 2.46 bits per heavy atom. The van der Waals surface area contributed by atoms with Crippen molar-refractivity contribution in [2.45, 2.75) is 51.9 Å². The van der Waals surface area contributed by atoms with Gasteiger partial charge in [-0.3, -0.25) is 0 Å². The van der Waals surface area contributed by atoms with E-state index < -0.39 is 6.23 Å². The van der Waals surface area contributed by atoms with Gasteiger partial charge in [0, 0.05) is 16.4 Å². The first-order chi connectivity index (χ1) is 11.6. The van der Waals surface area contributed by atoms with E-state index in [9.17, 15) is 5.11 Å². The molecular weight excluding hydrogens is 318 g/mol. The van der Waals surface area contributed by atoms with E-state index in [1.807, 2.05) is 36.5 Å². The molecule has 0 radical (unpaired) electrons. The Balaban J connectivity index is 1.56. The first-order valence-corrected chi connectivity index (χ1v) is 9.59. The van der Waals surface area contributed by atoms with Crippen LogP contribution in [-0.4, -0.2) is 17.9 Å². The van der Waals surface area contributed by atoms with Gasteiger partial charge in [-0.25, -0.2) is 0 Å². The molecule has 1 aromatic carbocycles. The molecule has 0 aliphatic heterocycles. The number of unbranched alkanes of at least 4 members (excludes halogenated alkanes) is 1. The third-order valence-corrected chi connectivity index (χ3v) is 5.42. The minimum atomic E-state index is -0.708. The molecule has 1 unspecified atom stereocenters. The lowest BCUT2D eigenvalue weighted by Gasteiger charge is -2.13. The number of aryl methyl sites for hydroxylation is 2. The average molecular weight is 348 g/mol. The number of hydrogen-bond acceptors (Lipinski definition) is 4. The molecule has 2 atom stereocenters. The number of ether oxygens (including phenoxy) is 1. The fraction of sp³-hybridized carbons (Fsp3) is 0.500. The number of thiophene rings is 1. The van der Waals surface area contributed by atoms with Crippen LogP contribution in [0.25, 0.3) is 0 Å². The zero-order valence-corrected chi connectivity index (χ0v) is 15.3. The van der Waals surface area contributed by atoms with Crippen molar-refractivity contribution in [3.63, 3.8) is 0 Å². The fourth-order valence-corrected chi connectivity index (χ4v) is 3.57. The van der Waals surface area contributed by atoms with Gasteiger partial charge < -0.3 is 15.6 Å². The molecule has 0 bridgehead atoms. The Morgan fingerprint density at radius 1 is 1.04 bits per heavy atom. The summed E-state index contributed by atoms with van der Waals surface area (Å²) < 4.78 is 5.72. The van der Waals surface area contributed by atoms with E-state index in [1.54, 1.807) is 0 Å². The normalized spacial score (nSPS) is 13.8. The summed E-state index contributed by atoms with van der Waals surface area (Å²) in [6.45, 7) is 3.52. The third kappa shape index (κ3) is 7.14. The van der Waals surface area contributed by atoms with Gasteiger partial charge in [-0.15, -0.1) is 11.3 Å². The van der Waals surface area contributed by atoms with Crippen molar-refractivity contribution in [1.82, 2.24) is 0 Å². The lowest BCUT2D eigenvalue weighted by molar-refractivity contribution is 0.117. The van der Waals surface area contributed by atoms with E-state index in [2.05, 4.69) is 24.3 Å². The molecule has 0 fully saturated rings. The Morgan fingerprint density at radius 2 is 1.75 bits per heavy atom. The van der Waals surface area contributed by atoms with Crippen molar-refractivity contribution in [2.75, 3.05) is 6.61 Å². The largest absolute Gasteiger partial charge is 0.379 e. The second-order valence-corrected chi connectivity index (χ2v) is 7.62. The number of aliphatic hydroxyl groups is 1. The maximum absolute atomic E-state index is 9.33. The van der Waals surface area contributed by atoms with Crippen molar-refractivity contribution in [3.8, 4) is 0 Å². The van der Waals surface area contributed by atoms with Gasteiger partial charge in [0.15, 0.2) is 0 Å². The summed E-state index contributed by atoms with van der Waals surface area (Å²) in [7, 11) is 0. The van der Waals surface area contributed by atoms with Crippen LogP contribution in [0.1, 0.15) is 41.5 Å². The van der Waals surface area contributed by atoms with Crippen LogP contribution >= 0.6 is 11.3 Å². The van der Waals surface area contributed by atoms with Gasteiger partial charge in [0.25, 0.3) is 0 Å². The Kier molecular flexibility index (Phi) is 8.47. The molecule has 0 aliphatic rings. The average Bonchev–Trinajstić information content (AvgIpc) is 3.04. The molecule has 2 rings (SSSR count). The maximum Gasteiger partial charge on any atom is 0.105 e. The van der Waals surface area contributed by atoms with Crippen LogP contribution < -0.4 is 5.73 Å². The highest BCUT2D eigenvalue weighted by atomic mass is 32.1. The van der Waals surface area contributed by atoms with Gasteiger partial charge in [0.2, 0.25) is 0 Å². The SMILES string of the molecule is C[C@H](CCc1ccc(CCCCOCc2ccccc2)s1)C(N)O. The molecule has 24 heavy (non-hydrogen) atoms. The topological polar surface area (TPSA) is 55.5 Å². The zero-order chi connectivity index (χ0) is 17.2. The number of benzene rings is 1. The Labute approximate surface area is 149 Å². The van der Waals surface area contributed by atoms with Crippen LogP contribution in [0.2, 0.25) is 0 Å². The summed E-state index contributed by atoms with van der Waals surface area (Å²) in [5.74, 6) is 0.150. The first kappa shape index (κ1) is 19.1. The van der Waals surface area contributed by atoms with Crippen LogP contribution in [0.4, 0.5) is 0 Å². The summed E-state index contributed by atoms with van der Waals surface area (Å²) in [5.41, 5.74) is 6.73. The van der Waals surface area contributed by atoms with Crippen molar-refractivity contribution < 1.29 is 9.84 Å². The molecule has 0 saturated carbocycles. The van der Waals surface area contributed by atoms with E-state index in [0.29, 0.717) is 6.61 Å². The molecule has 132 valence electrons. The van der Waals surface area contributed by atoms with Gasteiger partial charge in [0.1, 0.15) is 6.23 Å². The lowest BCUT2D eigenvalue weighted by Crippen LogP contribution is -2.27. The van der Waals surface area contributed by atoms with Gasteiger partial charge in [-0.2, -0.15) is 0 Å². The molecule has 0 amide bonds. The molecule has 4 heteroatoms. The second-order valence-electron chi connectivity index (χ2n) is 6.37. The van der Waals surface area contributed by atoms with Crippen molar-refractivity contribution >= 4 is 11.3 Å². The van der Waals surface area contributed by atoms with Gasteiger partial charge in [-0.1, -0.05) is 37.3 Å². The third-order valence-electron chi connectivity index (χ3n) is 4.22. The quantitative estimate of drug-likeness (QED) is 0.474. The number of rotatable bonds is 11. The van der Waals surface area contributed by atoms with Crippen LogP contribution in [0.15, 0.2) is 42.5 Å². The molecule has 0 saturated heterocycles. The minimum absolute atomic E-state index is 0.150. The maximum atomic E-state index is 9.33. The number of nitrogens with two attached hydrogens (primary N) is 1. The summed E-state index contributed by atoms with van der Waals surface area (Å²) in [6.07, 6.45) is 4.60. The van der Waals surface area contributed by atoms with Crippen LogP contribution in [0.5, 0.6) is 0 Å². The van der Waals surface area contributed by atoms with Crippen LogP contribution in [-0.2, 0) is 24.2 Å². The van der Waals surface area contributed by atoms with E-state index >= 15 is 0 Å². The molecule has 1 aromatic heterocycles. The summed E-state index contributed by atoms with van der Waals surface area (Å²) >= 11 is 1.88. The predicted octanol–water partition coefficient (Wildman–Crippen LogP) is 4.13. The molecule has 0 spiro atoms. The molecule has 1 heterocycles. The van der Waals surface area contributed by atoms with E-state index in [0.717, 1.165) is 38.7 Å². The summed E-state index contributed by atoms with van der Waals surface area (Å²) in [5, 5.41) is 9.33. The standard InChI is InChI=1S/C20H29NO2S/c1-16(20(21)22)10-11-19-13-12-18(24-19)9-5-6-14-23-15-17-7-3-2-4-8-17/h2-4,7-8,12-13,16,20,22H,5-6,9-11,14-15,21H2,1H3/t16-,20?/m1/s1. The van der Waals surface area contributed by atoms with Crippen LogP contribution in [0, 0.1) is 5.92 Å². The fourth-order valence-electron chi connectivity index (χ4n) is 2.50. The van der Waals surface area contributed by atoms with Gasteiger partial charge in [-0.05, 0) is 55.7 Å². The predicted molar refractivity (Wildman–Crippen MR) is 101 cm³/mol.